The van der Waals surface area contributed by atoms with Crippen molar-refractivity contribution >= 4 is 70.3 Å². The first kappa shape index (κ1) is 117. The molecule has 0 aliphatic carbocycles. The van der Waals surface area contributed by atoms with Gasteiger partial charge in [-0.15, -0.1) is 0 Å². The molecule has 0 bridgehead atoms. The Morgan fingerprint density at radius 2 is 0.674 bits per heavy atom. The van der Waals surface area contributed by atoms with Gasteiger partial charge in [0.15, 0.2) is 0 Å². The van der Waals surface area contributed by atoms with Crippen molar-refractivity contribution in [3.63, 3.8) is 0 Å². The Kier molecular flexibility index (Phi) is 56.4. The predicted octanol–water partition coefficient (Wildman–Crippen LogP) is 10.7. The van der Waals surface area contributed by atoms with Gasteiger partial charge in [-0.1, -0.05) is 178 Å². The van der Waals surface area contributed by atoms with E-state index in [0.29, 0.717) is 116 Å². The quantitative estimate of drug-likeness (QED) is 0.0303. The molecule has 0 heterocycles. The molecule has 8 unspecified atom stereocenters. The van der Waals surface area contributed by atoms with Crippen molar-refractivity contribution in [2.75, 3.05) is 181 Å². The second-order valence-corrected chi connectivity index (χ2v) is 39.5. The van der Waals surface area contributed by atoms with E-state index in [0.717, 1.165) is 44.9 Å². The number of hydrogen-bond donors (Lipinski definition) is 7. The van der Waals surface area contributed by atoms with Crippen LogP contribution in [0.25, 0.3) is 0 Å². The van der Waals surface area contributed by atoms with Gasteiger partial charge in [0.1, 0.15) is 65.8 Å². The number of methoxy groups -OCH3 is 2. The number of carbonyl (C=O) groups is 12. The normalized spacial score (nSPS) is 14.1. The van der Waals surface area contributed by atoms with Crippen LogP contribution < -0.4 is 36.1 Å². The fraction of sp³-hybridized carbons (Fsp3) is 0.760. The number of rotatable bonds is 75. The highest BCUT2D eigenvalue weighted by molar-refractivity contribution is 5.97. The Bertz CT molecular complexity index is 3640. The summed E-state index contributed by atoms with van der Waals surface area (Å²) in [6, 6.07) is 18.6. The molecule has 0 fully saturated rings. The van der Waals surface area contributed by atoms with Gasteiger partial charge in [0.25, 0.3) is 0 Å². The van der Waals surface area contributed by atoms with Gasteiger partial charge in [0, 0.05) is 228 Å². The van der Waals surface area contributed by atoms with Gasteiger partial charge in [0.2, 0.25) is 41.4 Å². The van der Waals surface area contributed by atoms with E-state index in [-0.39, 0.29) is 146 Å². The number of nitrogens with one attached hydrogen (secondary N) is 5. The number of ether oxygens (including phenoxy) is 4. The summed E-state index contributed by atoms with van der Waals surface area (Å²) in [5, 5.41) is 36.4. The number of hydrogen-bond acceptors (Lipinski definition) is 22. The minimum Gasteiger partial charge on any atom is -0.491 e. The Labute approximate surface area is 775 Å². The molecular formula is C100H173N11O18. The standard InChI is InChI=1S/C100H173N11O18/c1-23-27-30-38-45-101-87(117)62-75(66-97(7,8)85(115)60-77(93(123)104-46-39-31-28-24-2)68-99(11,12)90(120)76(63-88(118)102-47-57-126-21)65-96(5,6)84(114)59-74(26-4)92(122)105-48-58-127-22)91(121)100(13,14)69-79(95(125)111(20)56-54-107(16)50-52-109(18)71-81(113)73-129-83-42-36-33-37-43-83)61-86(116)98(9,10)67-78(94(124)103-44-29-25-3)64-89(119)110(19)55-53-106(15)49-51-108(17)70-80(112)72-128-82-40-34-32-35-41-82/h32-37,40-43,74-81,112-113H,23-31,38-39,44-73H2,1-22H3,(H,101,117)(H,102,118)(H,103,124)(H,104,123)(H,105,122). The van der Waals surface area contributed by atoms with Crippen molar-refractivity contribution in [1.29, 1.82) is 0 Å². The first-order valence-electron chi connectivity index (χ1n) is 47.7. The molecule has 7 amide bonds. The highest BCUT2D eigenvalue weighted by atomic mass is 16.5. The molecule has 2 aromatic rings. The van der Waals surface area contributed by atoms with Crippen LogP contribution in [0.3, 0.4) is 0 Å². The summed E-state index contributed by atoms with van der Waals surface area (Å²) >= 11 is 0. The Hall–Kier alpha value is -7.64. The average molecular weight is 1820 g/mol. The molecule has 8 atom stereocenters. The Morgan fingerprint density at radius 3 is 1.09 bits per heavy atom. The predicted molar refractivity (Wildman–Crippen MR) is 509 cm³/mol. The molecule has 736 valence electrons. The van der Waals surface area contributed by atoms with Gasteiger partial charge in [-0.2, -0.15) is 0 Å². The SMILES string of the molecule is CCCCCCNC(=O)CC(CC(C)(C)C(=O)CC(CC(C)(C)C(=O)C(CC(=O)NCCOC)CC(C)(C)C(=O)CC(CC)C(=O)NCCOC)C(=O)NCCCCCC)C(=O)C(C)(C)CC(CC(=O)C(C)(C)CC(CC(=O)N(C)CCN(C)CCN(C)CC(O)COc1ccccc1)C(=O)NCCCC)C(=O)N(C)CCN(C)CCN(C)CC(O)COc1ccccc1. The average Bonchev–Trinajstić information content (AvgIpc) is 0.800. The van der Waals surface area contributed by atoms with Crippen LogP contribution in [0, 0.1) is 62.6 Å². The van der Waals surface area contributed by atoms with Crippen molar-refractivity contribution in [1.82, 2.24) is 56.0 Å². The van der Waals surface area contributed by atoms with Gasteiger partial charge < -0.3 is 85.1 Å². The highest BCUT2D eigenvalue weighted by Gasteiger charge is 2.48. The van der Waals surface area contributed by atoms with E-state index >= 15 is 24.0 Å². The maximum atomic E-state index is 16.1. The van der Waals surface area contributed by atoms with Gasteiger partial charge in [-0.3, -0.25) is 57.5 Å². The van der Waals surface area contributed by atoms with Crippen LogP contribution in [0.2, 0.25) is 0 Å². The number of unbranched alkanes of at least 4 members (excludes halogenated alkanes) is 7. The van der Waals surface area contributed by atoms with E-state index < -0.39 is 116 Å². The second kappa shape index (κ2) is 62.0. The molecular weight excluding hydrogens is 1640 g/mol. The van der Waals surface area contributed by atoms with Crippen molar-refractivity contribution in [3.8, 4) is 11.5 Å². The summed E-state index contributed by atoms with van der Waals surface area (Å²) in [4.78, 5) is 190. The number of amides is 7. The molecule has 0 radical (unpaired) electrons. The van der Waals surface area contributed by atoms with Gasteiger partial charge >= 0.3 is 0 Å². The van der Waals surface area contributed by atoms with E-state index in [2.05, 4.69) is 50.2 Å². The fourth-order valence-corrected chi connectivity index (χ4v) is 16.3. The van der Waals surface area contributed by atoms with E-state index in [4.69, 9.17) is 18.9 Å². The number of aliphatic hydroxyl groups is 2. The molecule has 0 aliphatic rings. The Morgan fingerprint density at radius 1 is 0.349 bits per heavy atom. The zero-order chi connectivity index (χ0) is 97.1. The molecule has 0 aromatic heterocycles. The molecule has 0 saturated heterocycles. The van der Waals surface area contributed by atoms with Gasteiger partial charge in [0.05, 0.1) is 13.2 Å². The molecule has 2 aromatic carbocycles. The van der Waals surface area contributed by atoms with E-state index in [1.54, 1.807) is 93.1 Å². The fourth-order valence-electron chi connectivity index (χ4n) is 16.3. The third kappa shape index (κ3) is 47.5. The summed E-state index contributed by atoms with van der Waals surface area (Å²) in [5.74, 6) is -9.52. The molecule has 129 heavy (non-hydrogen) atoms. The van der Waals surface area contributed by atoms with Crippen LogP contribution in [0.5, 0.6) is 11.5 Å². The van der Waals surface area contributed by atoms with Crippen molar-refractivity contribution in [3.05, 3.63) is 60.7 Å². The summed E-state index contributed by atoms with van der Waals surface area (Å²) in [6.07, 6.45) is 4.75. The molecule has 0 saturated carbocycles. The van der Waals surface area contributed by atoms with Crippen LogP contribution in [0.1, 0.15) is 238 Å². The molecule has 0 aliphatic heterocycles. The van der Waals surface area contributed by atoms with Crippen molar-refractivity contribution in [2.24, 2.45) is 62.6 Å². The topological polar surface area (TPSA) is 362 Å². The number of para-hydroxylation sites is 2. The third-order valence-electron chi connectivity index (χ3n) is 25.0. The number of ketones is 5. The third-order valence-corrected chi connectivity index (χ3v) is 25.0. The van der Waals surface area contributed by atoms with Crippen LogP contribution in [0.4, 0.5) is 0 Å². The number of nitrogens with zero attached hydrogens (tertiary/aromatic N) is 6. The monoisotopic (exact) mass is 1820 g/mol. The maximum Gasteiger partial charge on any atom is 0.225 e. The van der Waals surface area contributed by atoms with E-state index in [9.17, 15) is 43.8 Å². The van der Waals surface area contributed by atoms with Crippen molar-refractivity contribution < 1.29 is 86.7 Å². The zero-order valence-corrected chi connectivity index (χ0v) is 83.5. The largest absolute Gasteiger partial charge is 0.491 e. The molecule has 7 N–H and O–H groups in total. The smallest absolute Gasteiger partial charge is 0.225 e. The lowest BCUT2D eigenvalue weighted by atomic mass is 9.66. The Balaban J connectivity index is 2.78. The zero-order valence-electron chi connectivity index (χ0n) is 83.5. The summed E-state index contributed by atoms with van der Waals surface area (Å²) < 4.78 is 21.9. The van der Waals surface area contributed by atoms with Crippen LogP contribution in [0.15, 0.2) is 60.7 Å². The first-order chi connectivity index (χ1) is 60.7. The molecule has 2 rings (SSSR count). The minimum atomic E-state index is -1.48. The highest BCUT2D eigenvalue weighted by Crippen LogP contribution is 2.43. The molecule has 0 spiro atoms. The number of likely N-dealkylation sites (N-methyl/N-ethyl adjacent to an activating group) is 6. The number of carbonyl (C=O) groups excluding carboxylic acids is 12. The molecule has 29 nitrogen and oxygen atoms in total. The molecule has 29 heteroatoms. The minimum absolute atomic E-state index is 0.0593. The lowest BCUT2D eigenvalue weighted by Gasteiger charge is -2.37. The summed E-state index contributed by atoms with van der Waals surface area (Å²) in [5.41, 5.74) is -6.86. The summed E-state index contributed by atoms with van der Waals surface area (Å²) in [7, 11) is 14.0. The van der Waals surface area contributed by atoms with Gasteiger partial charge in [-0.05, 0) is 110 Å². The second-order valence-electron chi connectivity index (χ2n) is 39.5. The van der Waals surface area contributed by atoms with Crippen molar-refractivity contribution in [2.45, 2.75) is 250 Å². The van der Waals surface area contributed by atoms with E-state index in [1.165, 1.54) is 14.2 Å². The lowest BCUT2D eigenvalue weighted by Crippen LogP contribution is -2.45. The van der Waals surface area contributed by atoms with Crippen LogP contribution in [-0.4, -0.2) is 303 Å². The first-order valence-corrected chi connectivity index (χ1v) is 47.7. The summed E-state index contributed by atoms with van der Waals surface area (Å²) in [6.45, 7) is 31.5. The van der Waals surface area contributed by atoms with Gasteiger partial charge in [-0.25, -0.2) is 0 Å². The van der Waals surface area contributed by atoms with E-state index in [1.807, 2.05) is 113 Å². The number of benzene rings is 2. The number of Topliss-reactive ketones (excluding diaryl/α,β-unsaturated/α-hetero) is 5. The van der Waals surface area contributed by atoms with Crippen LogP contribution in [-0.2, 0) is 67.0 Å². The lowest BCUT2D eigenvalue weighted by molar-refractivity contribution is -0.144. The van der Waals surface area contributed by atoms with Crippen LogP contribution >= 0.6 is 0 Å². The number of aliphatic hydroxyl groups excluding tert-OH is 2. The maximum absolute atomic E-state index is 16.1.